The molecule has 0 heterocycles. The Morgan fingerprint density at radius 2 is 1.89 bits per heavy atom. The number of aromatic carboxylic acids is 1. The highest BCUT2D eigenvalue weighted by Crippen LogP contribution is 2.31. The molecular weight excluding hydrogens is 238 g/mol. The summed E-state index contributed by atoms with van der Waals surface area (Å²) in [6.07, 6.45) is 4.79. The van der Waals surface area contributed by atoms with Gasteiger partial charge in [0.15, 0.2) is 0 Å². The van der Waals surface area contributed by atoms with Crippen LogP contribution in [0.1, 0.15) is 48.5 Å². The Kier molecular flexibility index (Phi) is 4.13. The molecule has 0 spiro atoms. The van der Waals surface area contributed by atoms with E-state index in [1.54, 1.807) is 6.07 Å². The molecule has 0 aliphatic heterocycles. The van der Waals surface area contributed by atoms with E-state index in [9.17, 15) is 9.90 Å². The van der Waals surface area contributed by atoms with Crippen molar-refractivity contribution in [2.75, 3.05) is 11.9 Å². The fourth-order valence-corrected chi connectivity index (χ4v) is 2.96. The summed E-state index contributed by atoms with van der Waals surface area (Å²) < 4.78 is 0. The minimum Gasteiger partial charge on any atom is -0.478 e. The molecule has 0 saturated heterocycles. The van der Waals surface area contributed by atoms with Gasteiger partial charge in [-0.05, 0) is 50.7 Å². The van der Waals surface area contributed by atoms with Gasteiger partial charge in [0, 0.05) is 13.1 Å². The van der Waals surface area contributed by atoms with Gasteiger partial charge < -0.3 is 10.0 Å². The van der Waals surface area contributed by atoms with Crippen LogP contribution in [0, 0.1) is 12.8 Å². The maximum atomic E-state index is 11.4. The molecule has 0 amide bonds. The third-order valence-electron chi connectivity index (χ3n) is 4.30. The smallest absolute Gasteiger partial charge is 0.337 e. The molecular formula is C16H23NO2. The Hall–Kier alpha value is -1.51. The van der Waals surface area contributed by atoms with Crippen LogP contribution in [0.5, 0.6) is 0 Å². The molecule has 0 radical (unpaired) electrons. The van der Waals surface area contributed by atoms with Crippen LogP contribution in [0.3, 0.4) is 0 Å². The summed E-state index contributed by atoms with van der Waals surface area (Å²) >= 11 is 0. The quantitative estimate of drug-likeness (QED) is 0.901. The van der Waals surface area contributed by atoms with Gasteiger partial charge >= 0.3 is 5.97 Å². The Balaban J connectivity index is 2.23. The van der Waals surface area contributed by atoms with Gasteiger partial charge in [0.05, 0.1) is 11.3 Å². The van der Waals surface area contributed by atoms with Crippen molar-refractivity contribution in [1.29, 1.82) is 0 Å². The molecule has 1 aliphatic carbocycles. The summed E-state index contributed by atoms with van der Waals surface area (Å²) in [5.74, 6) is -0.0312. The molecule has 1 aromatic rings. The van der Waals surface area contributed by atoms with Gasteiger partial charge in [0.1, 0.15) is 0 Å². The molecule has 1 N–H and O–H groups in total. The molecule has 1 aromatic carbocycles. The number of nitrogens with zero attached hydrogens (tertiary/aromatic N) is 1. The molecule has 19 heavy (non-hydrogen) atoms. The van der Waals surface area contributed by atoms with Gasteiger partial charge in [-0.1, -0.05) is 18.6 Å². The average molecular weight is 261 g/mol. The second-order valence-corrected chi connectivity index (χ2v) is 5.85. The number of carbonyl (C=O) groups is 1. The number of anilines is 1. The Morgan fingerprint density at radius 3 is 2.47 bits per heavy atom. The van der Waals surface area contributed by atoms with Crippen molar-refractivity contribution < 1.29 is 9.90 Å². The van der Waals surface area contributed by atoms with Gasteiger partial charge in [-0.15, -0.1) is 0 Å². The fraction of sp³-hybridized carbons (Fsp3) is 0.562. The fourth-order valence-electron chi connectivity index (χ4n) is 2.96. The van der Waals surface area contributed by atoms with E-state index < -0.39 is 5.97 Å². The van der Waals surface area contributed by atoms with Gasteiger partial charge in [-0.2, -0.15) is 0 Å². The monoisotopic (exact) mass is 261 g/mol. The van der Waals surface area contributed by atoms with E-state index in [0.717, 1.165) is 30.0 Å². The third-order valence-corrected chi connectivity index (χ3v) is 4.30. The van der Waals surface area contributed by atoms with Crippen LogP contribution in [0.2, 0.25) is 0 Å². The summed E-state index contributed by atoms with van der Waals surface area (Å²) in [5.41, 5.74) is 2.26. The van der Waals surface area contributed by atoms with Gasteiger partial charge in [-0.3, -0.25) is 0 Å². The second kappa shape index (κ2) is 5.64. The zero-order valence-corrected chi connectivity index (χ0v) is 12.0. The molecule has 3 nitrogen and oxygen atoms in total. The van der Waals surface area contributed by atoms with Crippen molar-refractivity contribution in [2.24, 2.45) is 5.92 Å². The maximum Gasteiger partial charge on any atom is 0.337 e. The molecule has 0 bridgehead atoms. The van der Waals surface area contributed by atoms with Gasteiger partial charge in [0.2, 0.25) is 0 Å². The molecule has 0 atom stereocenters. The van der Waals surface area contributed by atoms with Gasteiger partial charge in [0.25, 0.3) is 0 Å². The predicted molar refractivity (Wildman–Crippen MR) is 78.0 cm³/mol. The van der Waals surface area contributed by atoms with E-state index in [0.29, 0.717) is 11.6 Å². The first-order valence-corrected chi connectivity index (χ1v) is 7.06. The Bertz CT molecular complexity index is 462. The van der Waals surface area contributed by atoms with Crippen molar-refractivity contribution in [1.82, 2.24) is 0 Å². The largest absolute Gasteiger partial charge is 0.478 e. The molecule has 1 aliphatic rings. The van der Waals surface area contributed by atoms with Crippen molar-refractivity contribution in [2.45, 2.75) is 45.6 Å². The van der Waals surface area contributed by atoms with Crippen molar-refractivity contribution in [3.05, 3.63) is 29.3 Å². The second-order valence-electron chi connectivity index (χ2n) is 5.85. The molecule has 3 heteroatoms. The van der Waals surface area contributed by atoms with E-state index in [1.165, 1.54) is 12.8 Å². The Labute approximate surface area is 115 Å². The van der Waals surface area contributed by atoms with E-state index in [-0.39, 0.29) is 0 Å². The highest BCUT2D eigenvalue weighted by Gasteiger charge is 2.24. The highest BCUT2D eigenvalue weighted by atomic mass is 16.4. The van der Waals surface area contributed by atoms with E-state index in [4.69, 9.17) is 0 Å². The average Bonchev–Trinajstić information content (AvgIpc) is 2.38. The predicted octanol–water partition coefficient (Wildman–Crippen LogP) is 3.71. The number of hydrogen-bond acceptors (Lipinski definition) is 2. The van der Waals surface area contributed by atoms with Crippen LogP contribution in [0.25, 0.3) is 0 Å². The van der Waals surface area contributed by atoms with Gasteiger partial charge in [-0.25, -0.2) is 4.79 Å². The Morgan fingerprint density at radius 1 is 1.26 bits per heavy atom. The van der Waals surface area contributed by atoms with Crippen LogP contribution in [-0.4, -0.2) is 24.2 Å². The van der Waals surface area contributed by atoms with E-state index in [2.05, 4.69) is 11.8 Å². The van der Waals surface area contributed by atoms with Crippen LogP contribution in [0.4, 0.5) is 5.69 Å². The standard InChI is InChI=1S/C16H23NO2/c1-11-4-7-13(8-5-11)17(3)15-9-6-12(2)10-14(15)16(18)19/h6,9-11,13H,4-5,7-8H2,1-3H3,(H,18,19). The number of aryl methyl sites for hydroxylation is 1. The lowest BCUT2D eigenvalue weighted by Crippen LogP contribution is -2.35. The third kappa shape index (κ3) is 3.09. The van der Waals surface area contributed by atoms with Crippen molar-refractivity contribution >= 4 is 11.7 Å². The van der Waals surface area contributed by atoms with Crippen LogP contribution in [0.15, 0.2) is 18.2 Å². The lowest BCUT2D eigenvalue weighted by atomic mass is 9.86. The van der Waals surface area contributed by atoms with Crippen LogP contribution >= 0.6 is 0 Å². The van der Waals surface area contributed by atoms with Crippen LogP contribution in [-0.2, 0) is 0 Å². The SMILES string of the molecule is Cc1ccc(N(C)C2CCC(C)CC2)c(C(=O)O)c1. The molecule has 1 saturated carbocycles. The van der Waals surface area contributed by atoms with E-state index >= 15 is 0 Å². The first-order valence-electron chi connectivity index (χ1n) is 7.06. The lowest BCUT2D eigenvalue weighted by molar-refractivity contribution is 0.0697. The zero-order valence-electron chi connectivity index (χ0n) is 12.0. The number of benzene rings is 1. The molecule has 0 unspecified atom stereocenters. The van der Waals surface area contributed by atoms with E-state index in [1.807, 2.05) is 26.1 Å². The number of rotatable bonds is 3. The maximum absolute atomic E-state index is 11.4. The summed E-state index contributed by atoms with van der Waals surface area (Å²) in [7, 11) is 2.03. The number of carboxylic acids is 1. The summed E-state index contributed by atoms with van der Waals surface area (Å²) in [4.78, 5) is 13.5. The normalized spacial score (nSPS) is 23.1. The van der Waals surface area contributed by atoms with Crippen LogP contribution < -0.4 is 4.90 Å². The summed E-state index contributed by atoms with van der Waals surface area (Å²) in [6.45, 7) is 4.23. The molecule has 1 fully saturated rings. The first-order chi connectivity index (χ1) is 8.99. The molecule has 0 aromatic heterocycles. The number of carboxylic acid groups (broad SMARTS) is 1. The van der Waals surface area contributed by atoms with Crippen molar-refractivity contribution in [3.8, 4) is 0 Å². The molecule has 2 rings (SSSR count). The molecule has 104 valence electrons. The first kappa shape index (κ1) is 13.9. The topological polar surface area (TPSA) is 40.5 Å². The minimum atomic E-state index is -0.838. The number of hydrogen-bond donors (Lipinski definition) is 1. The minimum absolute atomic E-state index is 0.418. The lowest BCUT2D eigenvalue weighted by Gasteiger charge is -2.35. The zero-order chi connectivity index (χ0) is 14.0. The van der Waals surface area contributed by atoms with Crippen molar-refractivity contribution in [3.63, 3.8) is 0 Å². The highest BCUT2D eigenvalue weighted by molar-refractivity contribution is 5.94. The summed E-state index contributed by atoms with van der Waals surface area (Å²) in [5, 5.41) is 9.35. The summed E-state index contributed by atoms with van der Waals surface area (Å²) in [6, 6.07) is 6.16.